The molecular weight excluding hydrogens is 552 g/mol. The van der Waals surface area contributed by atoms with Gasteiger partial charge in [0.15, 0.2) is 5.11 Å². The number of carbonyl (C=O) groups is 3. The molecule has 2 aromatic rings. The van der Waals surface area contributed by atoms with Crippen LogP contribution in [0, 0.1) is 0 Å². The van der Waals surface area contributed by atoms with E-state index in [0.29, 0.717) is 49.2 Å². The first-order valence-electron chi connectivity index (χ1n) is 14.7. The number of nitrogens with one attached hydrogen (secondary N) is 4. The highest BCUT2D eigenvalue weighted by atomic mass is 32.1. The number of amides is 3. The fourth-order valence-electron chi connectivity index (χ4n) is 4.17. The molecule has 0 bridgehead atoms. The number of unbranched alkanes of at least 4 members (excludes halogenated alkanes) is 5. The lowest BCUT2D eigenvalue weighted by molar-refractivity contribution is -0.129. The van der Waals surface area contributed by atoms with E-state index in [1.54, 1.807) is 36.4 Å². The maximum atomic E-state index is 12.5. The zero-order valence-corrected chi connectivity index (χ0v) is 25.8. The van der Waals surface area contributed by atoms with E-state index in [4.69, 9.17) is 17.3 Å². The number of aliphatic hydroxyl groups excluding tert-OH is 2. The van der Waals surface area contributed by atoms with Gasteiger partial charge in [-0.25, -0.2) is 0 Å². The molecule has 3 amide bonds. The quantitative estimate of drug-likeness (QED) is 0.118. The topological polar surface area (TPSA) is 140 Å². The molecule has 42 heavy (non-hydrogen) atoms. The molecule has 0 fully saturated rings. The summed E-state index contributed by atoms with van der Waals surface area (Å²) in [6.07, 6.45) is 5.36. The number of hydrogen-bond acceptors (Lipinski definition) is 6. The summed E-state index contributed by atoms with van der Waals surface area (Å²) in [5.74, 6) is -0.705. The second kappa shape index (κ2) is 18.3. The van der Waals surface area contributed by atoms with Crippen LogP contribution >= 0.6 is 12.2 Å². The number of hydrogen-bond donors (Lipinski definition) is 6. The van der Waals surface area contributed by atoms with E-state index in [1.807, 2.05) is 12.1 Å². The van der Waals surface area contributed by atoms with Crippen molar-refractivity contribution in [2.45, 2.75) is 90.1 Å². The van der Waals surface area contributed by atoms with Gasteiger partial charge in [-0.2, -0.15) is 0 Å². The molecule has 1 atom stereocenters. The molecule has 0 aliphatic rings. The van der Waals surface area contributed by atoms with E-state index < -0.39 is 6.10 Å². The van der Waals surface area contributed by atoms with Gasteiger partial charge in [0, 0.05) is 36.5 Å². The van der Waals surface area contributed by atoms with Crippen molar-refractivity contribution < 1.29 is 24.6 Å². The minimum absolute atomic E-state index is 0.00884. The maximum absolute atomic E-state index is 12.5. The lowest BCUT2D eigenvalue weighted by Gasteiger charge is -2.19. The van der Waals surface area contributed by atoms with Crippen molar-refractivity contribution in [3.05, 3.63) is 59.7 Å². The van der Waals surface area contributed by atoms with Crippen LogP contribution in [0.1, 0.15) is 94.5 Å². The third-order valence-electron chi connectivity index (χ3n) is 6.73. The molecule has 0 aliphatic carbocycles. The molecule has 0 saturated carbocycles. The monoisotopic (exact) mass is 598 g/mol. The summed E-state index contributed by atoms with van der Waals surface area (Å²) in [6, 6.07) is 14.6. The summed E-state index contributed by atoms with van der Waals surface area (Å²) in [6.45, 7) is 6.94. The van der Waals surface area contributed by atoms with Gasteiger partial charge in [0.25, 0.3) is 5.91 Å². The summed E-state index contributed by atoms with van der Waals surface area (Å²) in [5, 5.41) is 30.0. The van der Waals surface area contributed by atoms with Crippen LogP contribution in [0.3, 0.4) is 0 Å². The molecule has 6 N–H and O–H groups in total. The fraction of sp³-hybridized carbons (Fsp3) is 0.500. The number of rotatable bonds is 16. The highest BCUT2D eigenvalue weighted by Gasteiger charge is 2.15. The Morgan fingerprint density at radius 2 is 1.40 bits per heavy atom. The smallest absolute Gasteiger partial charge is 0.257 e. The van der Waals surface area contributed by atoms with Crippen molar-refractivity contribution in [2.24, 2.45) is 0 Å². The Kier molecular flexibility index (Phi) is 15.1. The van der Waals surface area contributed by atoms with Crippen LogP contribution in [0.15, 0.2) is 48.5 Å². The summed E-state index contributed by atoms with van der Waals surface area (Å²) in [7, 11) is 0. The van der Waals surface area contributed by atoms with Gasteiger partial charge < -0.3 is 26.2 Å². The molecular formula is C32H46N4O5S. The van der Waals surface area contributed by atoms with Gasteiger partial charge in [0.05, 0.1) is 0 Å². The first-order valence-corrected chi connectivity index (χ1v) is 15.1. The second-order valence-electron chi connectivity index (χ2n) is 11.4. The third kappa shape index (κ3) is 13.5. The molecule has 2 rings (SSSR count). The normalized spacial score (nSPS) is 11.8. The maximum Gasteiger partial charge on any atom is 0.257 e. The molecule has 1 unspecified atom stereocenters. The van der Waals surface area contributed by atoms with Crippen molar-refractivity contribution >= 4 is 46.4 Å². The predicted octanol–water partition coefficient (Wildman–Crippen LogP) is 5.03. The molecule has 0 saturated heterocycles. The average molecular weight is 599 g/mol. The highest BCUT2D eigenvalue weighted by molar-refractivity contribution is 7.80. The van der Waals surface area contributed by atoms with Crippen LogP contribution < -0.4 is 21.3 Å². The molecule has 0 aromatic heterocycles. The fourth-order valence-corrected chi connectivity index (χ4v) is 4.38. The Balaban J connectivity index is 1.59. The van der Waals surface area contributed by atoms with E-state index in [9.17, 15) is 19.5 Å². The van der Waals surface area contributed by atoms with Gasteiger partial charge in [-0.3, -0.25) is 19.7 Å². The molecule has 0 spiro atoms. The predicted molar refractivity (Wildman–Crippen MR) is 172 cm³/mol. The van der Waals surface area contributed by atoms with Crippen molar-refractivity contribution in [3.63, 3.8) is 0 Å². The lowest BCUT2D eigenvalue weighted by Crippen LogP contribution is -2.35. The molecule has 230 valence electrons. The highest BCUT2D eigenvalue weighted by Crippen LogP contribution is 2.22. The van der Waals surface area contributed by atoms with Crippen molar-refractivity contribution in [1.82, 2.24) is 10.6 Å². The van der Waals surface area contributed by atoms with Gasteiger partial charge in [0.1, 0.15) is 6.10 Å². The molecule has 0 radical (unpaired) electrons. The van der Waals surface area contributed by atoms with Crippen molar-refractivity contribution in [1.29, 1.82) is 0 Å². The Hall–Kier alpha value is -3.34. The Morgan fingerprint density at radius 1 is 0.810 bits per heavy atom. The minimum atomic E-state index is -1.02. The van der Waals surface area contributed by atoms with Crippen LogP contribution in [-0.4, -0.2) is 52.3 Å². The Morgan fingerprint density at radius 3 is 2.02 bits per heavy atom. The molecule has 9 nitrogen and oxygen atoms in total. The van der Waals surface area contributed by atoms with Gasteiger partial charge in [-0.15, -0.1) is 0 Å². The first kappa shape index (κ1) is 34.9. The number of benzene rings is 2. The van der Waals surface area contributed by atoms with E-state index in [0.717, 1.165) is 37.7 Å². The number of carbonyl (C=O) groups excluding carboxylic acids is 3. The van der Waals surface area contributed by atoms with Crippen LogP contribution in [0.4, 0.5) is 11.4 Å². The third-order valence-corrected chi connectivity index (χ3v) is 6.94. The first-order chi connectivity index (χ1) is 20.0. The molecule has 0 aliphatic heterocycles. The van der Waals surface area contributed by atoms with E-state index >= 15 is 0 Å². The van der Waals surface area contributed by atoms with Crippen molar-refractivity contribution in [2.75, 3.05) is 23.8 Å². The number of anilines is 2. The zero-order valence-electron chi connectivity index (χ0n) is 25.0. The Bertz CT molecular complexity index is 1150. The lowest BCUT2D eigenvalue weighted by atomic mass is 9.87. The average Bonchev–Trinajstić information content (AvgIpc) is 2.95. The van der Waals surface area contributed by atoms with Crippen LogP contribution in [-0.2, 0) is 15.0 Å². The van der Waals surface area contributed by atoms with E-state index in [2.05, 4.69) is 42.0 Å². The van der Waals surface area contributed by atoms with Gasteiger partial charge >= 0.3 is 0 Å². The Labute approximate surface area is 254 Å². The SMILES string of the molecule is CC(C)(C)c1ccc(C(=O)NC(=S)Nc2ccc(NC(=O)CCCCCCCNC(=O)C(O)CCCCO)cc2)cc1. The van der Waals surface area contributed by atoms with Crippen molar-refractivity contribution in [3.8, 4) is 0 Å². The van der Waals surface area contributed by atoms with E-state index in [-0.39, 0.29) is 34.9 Å². The molecule has 10 heteroatoms. The largest absolute Gasteiger partial charge is 0.396 e. The van der Waals surface area contributed by atoms with Gasteiger partial charge in [0.2, 0.25) is 11.8 Å². The molecule has 0 heterocycles. The van der Waals surface area contributed by atoms with E-state index in [1.165, 1.54) is 0 Å². The second-order valence-corrected chi connectivity index (χ2v) is 11.8. The summed E-state index contributed by atoms with van der Waals surface area (Å²) in [5.41, 5.74) is 3.04. The van der Waals surface area contributed by atoms with Crippen LogP contribution in [0.5, 0.6) is 0 Å². The summed E-state index contributed by atoms with van der Waals surface area (Å²) < 4.78 is 0. The van der Waals surface area contributed by atoms with Crippen LogP contribution in [0.2, 0.25) is 0 Å². The van der Waals surface area contributed by atoms with Gasteiger partial charge in [-0.1, -0.05) is 52.2 Å². The summed E-state index contributed by atoms with van der Waals surface area (Å²) >= 11 is 5.28. The van der Waals surface area contributed by atoms with Crippen LogP contribution in [0.25, 0.3) is 0 Å². The van der Waals surface area contributed by atoms with Gasteiger partial charge in [-0.05, 0) is 91.7 Å². The number of thiocarbonyl (C=S) groups is 1. The summed E-state index contributed by atoms with van der Waals surface area (Å²) in [4.78, 5) is 36.6. The molecule has 2 aromatic carbocycles. The standard InChI is InChI=1S/C32H46N4O5S/c1-32(2,3)24-15-13-23(14-16-24)29(40)36-31(42)35-26-19-17-25(18-20-26)34-28(39)12-7-5-4-6-9-21-33-30(41)27(38)11-8-10-22-37/h13-20,27,37-38H,4-12,21-22H2,1-3H3,(H,33,41)(H,34,39)(H2,35,36,40,42). The zero-order chi connectivity index (χ0) is 31.0. The number of aliphatic hydroxyl groups is 2. The minimum Gasteiger partial charge on any atom is -0.396 e.